The molecule has 2 aliphatic rings. The number of carbonyl (C=O) groups excluding carboxylic acids is 1. The van der Waals surface area contributed by atoms with Crippen LogP contribution in [0.3, 0.4) is 0 Å². The van der Waals surface area contributed by atoms with Gasteiger partial charge in [0.25, 0.3) is 0 Å². The summed E-state index contributed by atoms with van der Waals surface area (Å²) in [5, 5.41) is 9.11. The summed E-state index contributed by atoms with van der Waals surface area (Å²) in [7, 11) is 5.03. The van der Waals surface area contributed by atoms with Crippen LogP contribution in [0.4, 0.5) is 0 Å². The van der Waals surface area contributed by atoms with E-state index in [4.69, 9.17) is 19.3 Å². The Morgan fingerprint density at radius 2 is 1.08 bits per heavy atom. The maximum absolute atomic E-state index is 12.7. The zero-order valence-corrected chi connectivity index (χ0v) is 30.8. The van der Waals surface area contributed by atoms with Crippen molar-refractivity contribution in [3.8, 4) is 11.5 Å². The summed E-state index contributed by atoms with van der Waals surface area (Å²) in [4.78, 5) is 48.0. The minimum atomic E-state index is -0.697. The fraction of sp³-hybridized carbons (Fsp3) is 0.579. The molecule has 0 aliphatic heterocycles. The van der Waals surface area contributed by atoms with Gasteiger partial charge in [-0.3, -0.25) is 27.9 Å². The summed E-state index contributed by atoms with van der Waals surface area (Å²) in [5.74, 6) is 1.27. The SMILES string of the molecule is C.CCOc1ccc2c(c1)n(CC1CCC(C(=O)O)CC1)c(=O)n2C.CCOc1ccc2c(c1)n(CC1CCC(C(=O)OC)CC1)c(=O)n2C.[Li+].[OH-]. The fourth-order valence-electron chi connectivity index (χ4n) is 7.50. The van der Waals surface area contributed by atoms with Crippen LogP contribution in [-0.2, 0) is 41.5 Å². The van der Waals surface area contributed by atoms with Gasteiger partial charge in [0.1, 0.15) is 11.5 Å². The third-order valence-electron chi connectivity index (χ3n) is 10.3. The molecule has 6 rings (SSSR count). The summed E-state index contributed by atoms with van der Waals surface area (Å²) in [5.41, 5.74) is 3.57. The van der Waals surface area contributed by atoms with E-state index >= 15 is 0 Å². The fourth-order valence-corrected chi connectivity index (χ4v) is 7.50. The Kier molecular flexibility index (Phi) is 16.8. The largest absolute Gasteiger partial charge is 1.00 e. The van der Waals surface area contributed by atoms with Crippen LogP contribution in [-0.4, -0.2) is 61.1 Å². The number of rotatable bonds is 10. The molecule has 4 aromatic rings. The van der Waals surface area contributed by atoms with Crippen molar-refractivity contribution in [3.05, 3.63) is 57.4 Å². The van der Waals surface area contributed by atoms with Crippen LogP contribution < -0.4 is 39.7 Å². The van der Waals surface area contributed by atoms with Crippen molar-refractivity contribution in [2.24, 2.45) is 37.8 Å². The molecular weight excluding hydrogens is 663 g/mol. The molecule has 52 heavy (non-hydrogen) atoms. The number of carboxylic acid groups (broad SMARTS) is 1. The Labute approximate surface area is 317 Å². The van der Waals surface area contributed by atoms with Gasteiger partial charge >= 0.3 is 42.2 Å². The van der Waals surface area contributed by atoms with Gasteiger partial charge in [-0.25, -0.2) is 9.59 Å². The molecule has 2 aromatic heterocycles. The average Bonchev–Trinajstić information content (AvgIpc) is 3.48. The van der Waals surface area contributed by atoms with E-state index in [9.17, 15) is 19.2 Å². The van der Waals surface area contributed by atoms with Crippen LogP contribution in [0, 0.1) is 23.7 Å². The Morgan fingerprint density at radius 3 is 1.42 bits per heavy atom. The molecule has 0 radical (unpaired) electrons. The number of aromatic nitrogens is 4. The van der Waals surface area contributed by atoms with Gasteiger partial charge in [-0.1, -0.05) is 7.43 Å². The Morgan fingerprint density at radius 1 is 0.692 bits per heavy atom. The van der Waals surface area contributed by atoms with Gasteiger partial charge in [0.15, 0.2) is 0 Å². The van der Waals surface area contributed by atoms with Crippen LogP contribution in [0.1, 0.15) is 72.6 Å². The van der Waals surface area contributed by atoms with Crippen molar-refractivity contribution in [1.82, 2.24) is 18.3 Å². The number of imidazole rings is 2. The Balaban J connectivity index is 0.000000341. The number of aryl methyl sites for hydroxylation is 2. The number of benzene rings is 2. The summed E-state index contributed by atoms with van der Waals surface area (Å²) in [6, 6.07) is 11.5. The van der Waals surface area contributed by atoms with E-state index in [1.807, 2.05) is 59.4 Å². The van der Waals surface area contributed by atoms with Gasteiger partial charge in [0.2, 0.25) is 0 Å². The number of esters is 1. The van der Waals surface area contributed by atoms with Gasteiger partial charge in [-0.2, -0.15) is 0 Å². The van der Waals surface area contributed by atoms with Crippen LogP contribution >= 0.6 is 0 Å². The molecule has 0 amide bonds. The van der Waals surface area contributed by atoms with E-state index in [2.05, 4.69) is 0 Å². The van der Waals surface area contributed by atoms with Gasteiger partial charge in [-0.05, 0) is 101 Å². The predicted octanol–water partition coefficient (Wildman–Crippen LogP) is 2.81. The molecule has 2 saturated carbocycles. The minimum absolute atomic E-state index is 0. The number of carboxylic acids is 1. The monoisotopic (exact) mass is 718 g/mol. The smallest absolute Gasteiger partial charge is 0.870 e. The van der Waals surface area contributed by atoms with Crippen molar-refractivity contribution in [2.45, 2.75) is 85.7 Å². The number of fused-ring (bicyclic) bond motifs is 2. The first-order chi connectivity index (χ1) is 23.6. The second-order valence-corrected chi connectivity index (χ2v) is 13.4. The third-order valence-corrected chi connectivity index (χ3v) is 10.3. The van der Waals surface area contributed by atoms with Crippen molar-refractivity contribution >= 4 is 34.0 Å². The van der Waals surface area contributed by atoms with E-state index < -0.39 is 5.97 Å². The molecule has 2 aromatic carbocycles. The normalized spacial score (nSPS) is 19.6. The van der Waals surface area contributed by atoms with Crippen molar-refractivity contribution in [3.63, 3.8) is 0 Å². The third kappa shape index (κ3) is 9.73. The van der Waals surface area contributed by atoms with Crippen LogP contribution in [0.25, 0.3) is 22.1 Å². The van der Waals surface area contributed by atoms with Gasteiger partial charge in [0, 0.05) is 39.3 Å². The molecule has 14 heteroatoms. The summed E-state index contributed by atoms with van der Waals surface area (Å²) >= 11 is 0. The molecule has 0 unspecified atom stereocenters. The van der Waals surface area contributed by atoms with Gasteiger partial charge < -0.3 is 24.8 Å². The number of ether oxygens (including phenoxy) is 3. The van der Waals surface area contributed by atoms with E-state index in [1.54, 1.807) is 23.2 Å². The van der Waals surface area contributed by atoms with Gasteiger partial charge in [0.05, 0.1) is 54.2 Å². The molecule has 0 atom stereocenters. The summed E-state index contributed by atoms with van der Waals surface area (Å²) in [6.07, 6.45) is 6.65. The summed E-state index contributed by atoms with van der Waals surface area (Å²) < 4.78 is 23.0. The van der Waals surface area contributed by atoms with Crippen molar-refractivity contribution in [2.75, 3.05) is 20.3 Å². The molecule has 282 valence electrons. The quantitative estimate of drug-likeness (QED) is 0.192. The number of nitrogens with zero attached hydrogens (tertiary/aromatic N) is 4. The summed E-state index contributed by atoms with van der Waals surface area (Å²) in [6.45, 7) is 6.38. The number of carbonyl (C=O) groups is 2. The average molecular weight is 719 g/mol. The van der Waals surface area contributed by atoms with E-state index in [1.165, 1.54) is 7.11 Å². The minimum Gasteiger partial charge on any atom is -0.870 e. The zero-order valence-electron chi connectivity index (χ0n) is 30.8. The number of methoxy groups -OCH3 is 1. The maximum atomic E-state index is 12.7. The Bertz CT molecular complexity index is 1890. The number of aliphatic carboxylic acids is 1. The van der Waals surface area contributed by atoms with Crippen LogP contribution in [0.15, 0.2) is 46.0 Å². The molecule has 2 heterocycles. The topological polar surface area (TPSA) is 166 Å². The van der Waals surface area contributed by atoms with E-state index in [0.29, 0.717) is 51.0 Å². The standard InChI is InChI=1S/C19H26N2O4.C18H24N2O4.CH4.Li.H2O/c1-4-25-15-9-10-16-17(11-15)21(19(23)20(16)2)12-13-5-7-14(8-6-13)18(22)24-3;1-3-24-14-8-9-15-16(10-14)20(18(23)19(15)2)11-12-4-6-13(7-5-12)17(21)22;;;/h9-11,13-14H,4-8,12H2,1-3H3;8-10,12-13H,3-7,11H2,1-2H3,(H,21,22);1H4;;1H2/q;;;+1;/p-1. The van der Waals surface area contributed by atoms with Gasteiger partial charge in [-0.15, -0.1) is 0 Å². The molecule has 2 aliphatic carbocycles. The molecule has 2 fully saturated rings. The second-order valence-electron chi connectivity index (χ2n) is 13.4. The first-order valence-corrected chi connectivity index (χ1v) is 17.5. The van der Waals surface area contributed by atoms with Crippen molar-refractivity contribution < 1.29 is 53.2 Å². The first-order valence-electron chi connectivity index (χ1n) is 17.5. The van der Waals surface area contributed by atoms with Crippen LogP contribution in [0.2, 0.25) is 0 Å². The second kappa shape index (κ2) is 19.8. The molecule has 0 saturated heterocycles. The molecule has 2 N–H and O–H groups in total. The number of hydrogen-bond acceptors (Lipinski definition) is 8. The van der Waals surface area contributed by atoms with Crippen molar-refractivity contribution in [1.29, 1.82) is 0 Å². The van der Waals surface area contributed by atoms with E-state index in [0.717, 1.165) is 72.1 Å². The maximum Gasteiger partial charge on any atom is 1.00 e. The number of hydrogen-bond donors (Lipinski definition) is 1. The van der Waals surface area contributed by atoms with E-state index in [-0.39, 0.29) is 60.9 Å². The molecular formula is C38H55LiN4O9. The molecule has 13 nitrogen and oxygen atoms in total. The van der Waals surface area contributed by atoms with Crippen LogP contribution in [0.5, 0.6) is 11.5 Å². The molecule has 0 spiro atoms. The predicted molar refractivity (Wildman–Crippen MR) is 196 cm³/mol. The first kappa shape index (κ1) is 44.2. The molecule has 0 bridgehead atoms. The Hall–Kier alpha value is -3.92. The zero-order chi connectivity index (χ0) is 35.2.